The van der Waals surface area contributed by atoms with E-state index in [2.05, 4.69) is 33.0 Å². The Hall–Kier alpha value is -0.570. The lowest BCUT2D eigenvalue weighted by Crippen LogP contribution is -2.46. The average Bonchev–Trinajstić information content (AvgIpc) is 2.80. The van der Waals surface area contributed by atoms with Crippen LogP contribution >= 0.6 is 0 Å². The number of carbonyl (C=O) groups is 1. The van der Waals surface area contributed by atoms with E-state index in [-0.39, 0.29) is 11.9 Å². The molecule has 0 saturated carbocycles. The van der Waals surface area contributed by atoms with Crippen LogP contribution < -0.4 is 5.32 Å². The molecule has 0 spiro atoms. The molecule has 1 unspecified atom stereocenters. The number of hydrogen-bond acceptors (Lipinski definition) is 2. The predicted octanol–water partition coefficient (Wildman–Crippen LogP) is 2.52. The molecule has 3 heteroatoms. The van der Waals surface area contributed by atoms with Gasteiger partial charge in [0.05, 0.1) is 6.04 Å². The molecule has 18 heavy (non-hydrogen) atoms. The SMILES string of the molecule is CC(NCC(C(C)C)C(C)C)C(=O)N1CCCC1. The summed E-state index contributed by atoms with van der Waals surface area (Å²) in [5, 5.41) is 3.43. The molecule has 3 nitrogen and oxygen atoms in total. The van der Waals surface area contributed by atoms with Gasteiger partial charge in [-0.3, -0.25) is 4.79 Å². The smallest absolute Gasteiger partial charge is 0.239 e. The number of likely N-dealkylation sites (tertiary alicyclic amines) is 1. The number of nitrogens with one attached hydrogen (secondary N) is 1. The zero-order valence-electron chi connectivity index (χ0n) is 12.7. The summed E-state index contributed by atoms with van der Waals surface area (Å²) < 4.78 is 0. The summed E-state index contributed by atoms with van der Waals surface area (Å²) in [4.78, 5) is 14.2. The molecule has 106 valence electrons. The van der Waals surface area contributed by atoms with Crippen molar-refractivity contribution in [3.05, 3.63) is 0 Å². The van der Waals surface area contributed by atoms with Crippen molar-refractivity contribution in [3.63, 3.8) is 0 Å². The van der Waals surface area contributed by atoms with E-state index in [0.29, 0.717) is 17.8 Å². The first-order valence-electron chi connectivity index (χ1n) is 7.45. The first kappa shape index (κ1) is 15.5. The zero-order valence-corrected chi connectivity index (χ0v) is 12.7. The molecule has 0 aromatic rings. The van der Waals surface area contributed by atoms with Crippen LogP contribution in [0, 0.1) is 17.8 Å². The van der Waals surface area contributed by atoms with Gasteiger partial charge in [0.2, 0.25) is 5.91 Å². The molecular weight excluding hydrogens is 224 g/mol. The van der Waals surface area contributed by atoms with Gasteiger partial charge in [-0.15, -0.1) is 0 Å². The summed E-state index contributed by atoms with van der Waals surface area (Å²) in [5.41, 5.74) is 0. The maximum atomic E-state index is 12.2. The van der Waals surface area contributed by atoms with E-state index in [9.17, 15) is 4.79 Å². The lowest BCUT2D eigenvalue weighted by Gasteiger charge is -2.28. The highest BCUT2D eigenvalue weighted by Crippen LogP contribution is 2.19. The lowest BCUT2D eigenvalue weighted by atomic mass is 9.85. The Morgan fingerprint density at radius 2 is 1.56 bits per heavy atom. The summed E-state index contributed by atoms with van der Waals surface area (Å²) in [7, 11) is 0. The van der Waals surface area contributed by atoms with Crippen molar-refractivity contribution in [2.45, 2.75) is 53.5 Å². The van der Waals surface area contributed by atoms with Crippen LogP contribution in [0.2, 0.25) is 0 Å². The van der Waals surface area contributed by atoms with Gasteiger partial charge in [-0.25, -0.2) is 0 Å². The highest BCUT2D eigenvalue weighted by atomic mass is 16.2. The van der Waals surface area contributed by atoms with Crippen molar-refractivity contribution in [2.24, 2.45) is 17.8 Å². The molecule has 0 aromatic heterocycles. The fraction of sp³-hybridized carbons (Fsp3) is 0.933. The molecule has 1 N–H and O–H groups in total. The van der Waals surface area contributed by atoms with E-state index < -0.39 is 0 Å². The van der Waals surface area contributed by atoms with Crippen molar-refractivity contribution < 1.29 is 4.79 Å². The van der Waals surface area contributed by atoms with Crippen LogP contribution in [0.4, 0.5) is 0 Å². The molecule has 0 radical (unpaired) electrons. The summed E-state index contributed by atoms with van der Waals surface area (Å²) >= 11 is 0. The third kappa shape index (κ3) is 4.27. The molecule has 1 heterocycles. The van der Waals surface area contributed by atoms with Crippen LogP contribution in [-0.2, 0) is 4.79 Å². The van der Waals surface area contributed by atoms with Crippen LogP contribution in [0.3, 0.4) is 0 Å². The van der Waals surface area contributed by atoms with Gasteiger partial charge in [-0.05, 0) is 44.1 Å². The number of hydrogen-bond donors (Lipinski definition) is 1. The quantitative estimate of drug-likeness (QED) is 0.790. The second-order valence-corrected chi connectivity index (χ2v) is 6.31. The van der Waals surface area contributed by atoms with Gasteiger partial charge >= 0.3 is 0 Å². The Balaban J connectivity index is 2.39. The third-order valence-corrected chi connectivity index (χ3v) is 4.16. The second-order valence-electron chi connectivity index (χ2n) is 6.31. The van der Waals surface area contributed by atoms with Crippen molar-refractivity contribution in [1.29, 1.82) is 0 Å². The first-order chi connectivity index (χ1) is 8.43. The van der Waals surface area contributed by atoms with Gasteiger partial charge in [0.1, 0.15) is 0 Å². The molecule has 1 rings (SSSR count). The summed E-state index contributed by atoms with van der Waals surface area (Å²) in [6.07, 6.45) is 2.33. The Morgan fingerprint density at radius 3 is 2.00 bits per heavy atom. The predicted molar refractivity (Wildman–Crippen MR) is 76.4 cm³/mol. The van der Waals surface area contributed by atoms with Crippen LogP contribution in [0.25, 0.3) is 0 Å². The van der Waals surface area contributed by atoms with Crippen molar-refractivity contribution >= 4 is 5.91 Å². The Morgan fingerprint density at radius 1 is 1.06 bits per heavy atom. The van der Waals surface area contributed by atoms with Crippen LogP contribution in [0.15, 0.2) is 0 Å². The number of rotatable bonds is 6. The topological polar surface area (TPSA) is 32.3 Å². The molecule has 0 aromatic carbocycles. The number of amides is 1. The second kappa shape index (κ2) is 7.13. The zero-order chi connectivity index (χ0) is 13.7. The van der Waals surface area contributed by atoms with Gasteiger partial charge in [0.15, 0.2) is 0 Å². The van der Waals surface area contributed by atoms with Crippen molar-refractivity contribution in [3.8, 4) is 0 Å². The third-order valence-electron chi connectivity index (χ3n) is 4.16. The fourth-order valence-corrected chi connectivity index (χ4v) is 2.85. The van der Waals surface area contributed by atoms with Crippen LogP contribution in [0.1, 0.15) is 47.5 Å². The van der Waals surface area contributed by atoms with Crippen LogP contribution in [-0.4, -0.2) is 36.5 Å². The van der Waals surface area contributed by atoms with Crippen molar-refractivity contribution in [1.82, 2.24) is 10.2 Å². The monoisotopic (exact) mass is 254 g/mol. The van der Waals surface area contributed by atoms with E-state index >= 15 is 0 Å². The average molecular weight is 254 g/mol. The summed E-state index contributed by atoms with van der Waals surface area (Å²) in [5.74, 6) is 2.23. The highest BCUT2D eigenvalue weighted by molar-refractivity contribution is 5.81. The van der Waals surface area contributed by atoms with Gasteiger partial charge in [-0.2, -0.15) is 0 Å². The van der Waals surface area contributed by atoms with Gasteiger partial charge in [0.25, 0.3) is 0 Å². The molecule has 1 atom stereocenters. The Labute approximate surface area is 112 Å². The molecular formula is C15H30N2O. The van der Waals surface area contributed by atoms with Crippen molar-refractivity contribution in [2.75, 3.05) is 19.6 Å². The number of carbonyl (C=O) groups excluding carboxylic acids is 1. The maximum absolute atomic E-state index is 12.2. The molecule has 1 aliphatic heterocycles. The summed E-state index contributed by atoms with van der Waals surface area (Å²) in [6.45, 7) is 13.9. The molecule has 1 amide bonds. The van der Waals surface area contributed by atoms with E-state index in [1.165, 1.54) is 12.8 Å². The lowest BCUT2D eigenvalue weighted by molar-refractivity contribution is -0.132. The number of nitrogens with zero attached hydrogens (tertiary/aromatic N) is 1. The summed E-state index contributed by atoms with van der Waals surface area (Å²) in [6, 6.07) is -0.0388. The van der Waals surface area contributed by atoms with Crippen LogP contribution in [0.5, 0.6) is 0 Å². The van der Waals surface area contributed by atoms with E-state index in [0.717, 1.165) is 19.6 Å². The minimum absolute atomic E-state index is 0.0388. The molecule has 1 fully saturated rings. The Bertz CT molecular complexity index is 249. The highest BCUT2D eigenvalue weighted by Gasteiger charge is 2.24. The van der Waals surface area contributed by atoms with E-state index in [4.69, 9.17) is 0 Å². The van der Waals surface area contributed by atoms with E-state index in [1.54, 1.807) is 0 Å². The molecule has 0 aliphatic carbocycles. The molecule has 1 saturated heterocycles. The minimum Gasteiger partial charge on any atom is -0.341 e. The van der Waals surface area contributed by atoms with Gasteiger partial charge in [0, 0.05) is 13.1 Å². The first-order valence-corrected chi connectivity index (χ1v) is 7.45. The van der Waals surface area contributed by atoms with Gasteiger partial charge < -0.3 is 10.2 Å². The Kier molecular flexibility index (Phi) is 6.13. The molecule has 1 aliphatic rings. The largest absolute Gasteiger partial charge is 0.341 e. The molecule has 0 bridgehead atoms. The maximum Gasteiger partial charge on any atom is 0.239 e. The standard InChI is InChI=1S/C15H30N2O/c1-11(2)14(12(3)4)10-16-13(5)15(18)17-8-6-7-9-17/h11-14,16H,6-10H2,1-5H3. The fourth-order valence-electron chi connectivity index (χ4n) is 2.85. The normalized spacial score (nSPS) is 18.1. The van der Waals surface area contributed by atoms with Gasteiger partial charge in [-0.1, -0.05) is 27.7 Å². The minimum atomic E-state index is -0.0388. The van der Waals surface area contributed by atoms with E-state index in [1.807, 2.05) is 11.8 Å².